The number of halogens is 3. The number of amidine groups is 1. The lowest BCUT2D eigenvalue weighted by atomic mass is 9.71. The van der Waals surface area contributed by atoms with E-state index in [0.717, 1.165) is 53.9 Å². The molecule has 1 aromatic rings. The van der Waals surface area contributed by atoms with Gasteiger partial charge in [-0.1, -0.05) is 36.2 Å². The van der Waals surface area contributed by atoms with Gasteiger partial charge in [0.15, 0.2) is 0 Å². The van der Waals surface area contributed by atoms with Gasteiger partial charge in [-0.2, -0.15) is 0 Å². The van der Waals surface area contributed by atoms with E-state index >= 15 is 0 Å². The molecule has 1 aliphatic carbocycles. The van der Waals surface area contributed by atoms with Crippen LogP contribution in [-0.2, 0) is 0 Å². The minimum Gasteiger partial charge on any atom is -0.332 e. The highest BCUT2D eigenvalue weighted by molar-refractivity contribution is 8.03. The Morgan fingerprint density at radius 1 is 1.09 bits per heavy atom. The Morgan fingerprint density at radius 3 is 2.67 bits per heavy atom. The number of thioether (sulfide) groups is 1. The van der Waals surface area contributed by atoms with Crippen LogP contribution in [0.4, 0.5) is 8.78 Å². The van der Waals surface area contributed by atoms with Crippen molar-refractivity contribution >= 4 is 34.9 Å². The molecule has 4 unspecified atom stereocenters. The summed E-state index contributed by atoms with van der Waals surface area (Å²) in [4.78, 5) is 15.7. The molecule has 4 nitrogen and oxygen atoms in total. The van der Waals surface area contributed by atoms with Gasteiger partial charge < -0.3 is 9.80 Å². The van der Waals surface area contributed by atoms with E-state index in [2.05, 4.69) is 33.4 Å². The third-order valence-corrected chi connectivity index (χ3v) is 11.6. The second-order valence-electron chi connectivity index (χ2n) is 13.6. The lowest BCUT2D eigenvalue weighted by Crippen LogP contribution is -2.48. The van der Waals surface area contributed by atoms with Crippen LogP contribution in [0.3, 0.4) is 0 Å². The number of hydrogen-bond donors (Lipinski definition) is 0. The normalized spacial score (nSPS) is 32.2. The van der Waals surface area contributed by atoms with E-state index in [1.54, 1.807) is 13.0 Å². The average molecular weight is 625 g/mol. The van der Waals surface area contributed by atoms with Crippen molar-refractivity contribution in [1.29, 1.82) is 0 Å². The second-order valence-corrected chi connectivity index (χ2v) is 15.1. The maximum Gasteiger partial charge on any atom is 0.124 e. The number of hydrogen-bond acceptors (Lipinski definition) is 5. The zero-order valence-electron chi connectivity index (χ0n) is 25.1. The first-order valence-corrected chi connectivity index (χ1v) is 17.7. The third-order valence-electron chi connectivity index (χ3n) is 10.2. The van der Waals surface area contributed by atoms with Gasteiger partial charge in [0.2, 0.25) is 0 Å². The Hall–Kier alpha value is -1.96. The number of fused-ring (bicyclic) bond motifs is 3. The monoisotopic (exact) mass is 624 g/mol. The molecule has 0 radical (unpaired) electrons. The molecular formula is C35H43ClF2N4S. The number of benzene rings is 1. The first-order valence-electron chi connectivity index (χ1n) is 16.4. The van der Waals surface area contributed by atoms with E-state index in [0.29, 0.717) is 23.8 Å². The van der Waals surface area contributed by atoms with Gasteiger partial charge in [0.25, 0.3) is 0 Å². The molecule has 43 heavy (non-hydrogen) atoms. The predicted molar refractivity (Wildman–Crippen MR) is 175 cm³/mol. The lowest BCUT2D eigenvalue weighted by Gasteiger charge is -2.47. The number of nitrogens with zero attached hydrogens (tertiary/aromatic N) is 4. The summed E-state index contributed by atoms with van der Waals surface area (Å²) in [5.41, 5.74) is 4.13. The molecule has 4 fully saturated rings. The fourth-order valence-corrected chi connectivity index (χ4v) is 9.30. The Kier molecular flexibility index (Phi) is 8.85. The van der Waals surface area contributed by atoms with Crippen LogP contribution in [-0.4, -0.2) is 65.0 Å². The number of alkyl halides is 1. The standard InChI is InChI=1S/C35H43ClF2N4S/c1-22(37)7-9-27-10-12-30(39-27)33-31-17-23(5-2-3-13-41-19-24-15-25(16-24)20-41)21-42(31)35(32-6-4-14-43-32)40-34(33)28-11-8-26(38)18-29(28)36/h4,8,10-12,14,18,22-25,27,32,34H,2-3,5-7,9,13,15-17,19-21H2,1H3/t22?,23?,24?,25?,27?,32?,34-/m0/s1. The molecule has 0 N–H and O–H groups in total. The molecule has 8 rings (SSSR count). The summed E-state index contributed by atoms with van der Waals surface area (Å²) in [6, 6.07) is 4.29. The number of rotatable bonds is 11. The number of piperidine rings is 2. The van der Waals surface area contributed by atoms with Crippen molar-refractivity contribution in [1.82, 2.24) is 9.80 Å². The third kappa shape index (κ3) is 6.41. The SMILES string of the molecule is CC(F)CCC1C=CC(C2=C3CC(CCCCN4CC5CC(C5)C4)CN3C(C3CC=CS3)=N[C@H]2c2ccc(F)cc2Cl)=N1. The maximum absolute atomic E-state index is 14.2. The van der Waals surface area contributed by atoms with Crippen LogP contribution in [0.2, 0.25) is 5.02 Å². The van der Waals surface area contributed by atoms with Crippen molar-refractivity contribution in [2.75, 3.05) is 26.2 Å². The van der Waals surface area contributed by atoms with Crippen LogP contribution in [0.25, 0.3) is 0 Å². The topological polar surface area (TPSA) is 31.2 Å². The van der Waals surface area contributed by atoms with Gasteiger partial charge in [-0.3, -0.25) is 9.98 Å². The first-order chi connectivity index (χ1) is 20.9. The second kappa shape index (κ2) is 12.8. The van der Waals surface area contributed by atoms with Crippen LogP contribution in [0, 0.1) is 23.6 Å². The van der Waals surface area contributed by atoms with E-state index in [1.807, 2.05) is 11.8 Å². The van der Waals surface area contributed by atoms with Gasteiger partial charge in [0.1, 0.15) is 17.7 Å². The first kappa shape index (κ1) is 29.7. The van der Waals surface area contributed by atoms with Crippen molar-refractivity contribution in [3.05, 3.63) is 69.5 Å². The fourth-order valence-electron chi connectivity index (χ4n) is 8.08. The Balaban J connectivity index is 1.16. The van der Waals surface area contributed by atoms with Crippen LogP contribution < -0.4 is 0 Å². The van der Waals surface area contributed by atoms with E-state index < -0.39 is 6.17 Å². The molecule has 5 atom stereocenters. The zero-order valence-corrected chi connectivity index (χ0v) is 26.7. The minimum atomic E-state index is -0.841. The summed E-state index contributed by atoms with van der Waals surface area (Å²) in [6.45, 7) is 6.45. The summed E-state index contributed by atoms with van der Waals surface area (Å²) < 4.78 is 27.8. The van der Waals surface area contributed by atoms with Crippen molar-refractivity contribution in [3.63, 3.8) is 0 Å². The molecule has 3 saturated heterocycles. The van der Waals surface area contributed by atoms with E-state index in [-0.39, 0.29) is 23.2 Å². The molecule has 0 aromatic heterocycles. The number of allylic oxidation sites excluding steroid dienone is 3. The maximum atomic E-state index is 14.2. The molecule has 230 valence electrons. The summed E-state index contributed by atoms with van der Waals surface area (Å²) in [6.07, 6.45) is 15.4. The molecule has 7 aliphatic rings. The smallest absolute Gasteiger partial charge is 0.124 e. The largest absolute Gasteiger partial charge is 0.332 e. The zero-order chi connectivity index (χ0) is 29.5. The minimum absolute atomic E-state index is 0.0305. The summed E-state index contributed by atoms with van der Waals surface area (Å²) in [7, 11) is 0. The quantitative estimate of drug-likeness (QED) is 0.231. The van der Waals surface area contributed by atoms with Gasteiger partial charge in [-0.05, 0) is 106 Å². The molecule has 0 spiro atoms. The highest BCUT2D eigenvalue weighted by atomic mass is 35.5. The van der Waals surface area contributed by atoms with Crippen molar-refractivity contribution in [3.8, 4) is 0 Å². The molecule has 2 bridgehead atoms. The van der Waals surface area contributed by atoms with Crippen LogP contribution in [0.5, 0.6) is 0 Å². The van der Waals surface area contributed by atoms with Gasteiger partial charge in [0, 0.05) is 41.5 Å². The fraction of sp³-hybridized carbons (Fsp3) is 0.600. The molecule has 1 aromatic carbocycles. The molecule has 1 saturated carbocycles. The van der Waals surface area contributed by atoms with Crippen LogP contribution in [0.1, 0.15) is 76.3 Å². The molecule has 6 aliphatic heterocycles. The predicted octanol–water partition coefficient (Wildman–Crippen LogP) is 8.56. The van der Waals surface area contributed by atoms with Gasteiger partial charge >= 0.3 is 0 Å². The van der Waals surface area contributed by atoms with E-state index in [4.69, 9.17) is 21.6 Å². The van der Waals surface area contributed by atoms with Crippen molar-refractivity contribution in [2.24, 2.45) is 27.7 Å². The number of unbranched alkanes of at least 4 members (excludes halogenated alkanes) is 1. The molecule has 6 heterocycles. The molecular weight excluding hydrogens is 582 g/mol. The van der Waals surface area contributed by atoms with E-state index in [1.165, 1.54) is 69.6 Å². The number of aliphatic imine (C=N–C) groups is 2. The van der Waals surface area contributed by atoms with E-state index in [9.17, 15) is 8.78 Å². The Morgan fingerprint density at radius 2 is 1.93 bits per heavy atom. The molecule has 8 heteroatoms. The van der Waals surface area contributed by atoms with Crippen LogP contribution in [0.15, 0.2) is 63.1 Å². The van der Waals surface area contributed by atoms with Crippen molar-refractivity contribution in [2.45, 2.75) is 88.2 Å². The summed E-state index contributed by atoms with van der Waals surface area (Å²) in [5, 5.41) is 2.85. The van der Waals surface area contributed by atoms with Gasteiger partial charge in [-0.15, -0.1) is 11.8 Å². The Bertz CT molecular complexity index is 1350. The van der Waals surface area contributed by atoms with Gasteiger partial charge in [0.05, 0.1) is 23.2 Å². The van der Waals surface area contributed by atoms with Gasteiger partial charge in [-0.25, -0.2) is 8.78 Å². The molecule has 0 amide bonds. The Labute approximate surface area is 264 Å². The summed E-state index contributed by atoms with van der Waals surface area (Å²) in [5.74, 6) is 3.25. The van der Waals surface area contributed by atoms with Crippen molar-refractivity contribution < 1.29 is 8.78 Å². The van der Waals surface area contributed by atoms with Crippen LogP contribution >= 0.6 is 23.4 Å². The highest BCUT2D eigenvalue weighted by Crippen LogP contribution is 2.47. The average Bonchev–Trinajstić information content (AvgIpc) is 3.75. The highest BCUT2D eigenvalue weighted by Gasteiger charge is 2.42. The summed E-state index contributed by atoms with van der Waals surface area (Å²) >= 11 is 8.55. The lowest BCUT2D eigenvalue weighted by molar-refractivity contribution is 0.0266.